The maximum atomic E-state index is 4.10. The first-order valence-electron chi connectivity index (χ1n) is 10.5. The van der Waals surface area contributed by atoms with Crippen LogP contribution < -0.4 is 10.6 Å². The van der Waals surface area contributed by atoms with Crippen molar-refractivity contribution in [3.8, 4) is 11.8 Å². The number of allylic oxidation sites excluding steroid dienone is 2. The van der Waals surface area contributed by atoms with E-state index in [9.17, 15) is 0 Å². The van der Waals surface area contributed by atoms with Gasteiger partial charge in [0.1, 0.15) is 0 Å². The molecule has 134 valence electrons. The largest absolute Gasteiger partial charge is 0.295 e. The smallest absolute Gasteiger partial charge is 0.0900 e. The van der Waals surface area contributed by atoms with Crippen LogP contribution in [0.3, 0.4) is 0 Å². The van der Waals surface area contributed by atoms with E-state index < -0.39 is 0 Å². The van der Waals surface area contributed by atoms with Gasteiger partial charge < -0.3 is 0 Å². The fourth-order valence-electron chi connectivity index (χ4n) is 5.89. The molecule has 0 aromatic carbocycles. The number of nitrogens with zero attached hydrogens (tertiary/aromatic N) is 1. The summed E-state index contributed by atoms with van der Waals surface area (Å²) >= 11 is 0. The highest BCUT2D eigenvalue weighted by Gasteiger charge is 2.52. The van der Waals surface area contributed by atoms with E-state index >= 15 is 0 Å². The third-order valence-electron chi connectivity index (χ3n) is 7.35. The van der Waals surface area contributed by atoms with Crippen molar-refractivity contribution >= 4 is 0 Å². The summed E-state index contributed by atoms with van der Waals surface area (Å²) in [5, 5.41) is 8.01. The zero-order valence-corrected chi connectivity index (χ0v) is 15.4. The summed E-state index contributed by atoms with van der Waals surface area (Å²) in [5.74, 6) is 8.26. The Morgan fingerprint density at radius 3 is 2.96 bits per heavy atom. The highest BCUT2D eigenvalue weighted by atomic mass is 15.5. The van der Waals surface area contributed by atoms with Crippen LogP contribution in [0.1, 0.15) is 58.3 Å². The van der Waals surface area contributed by atoms with Gasteiger partial charge >= 0.3 is 0 Å². The molecule has 0 radical (unpaired) electrons. The zero-order chi connectivity index (χ0) is 16.8. The van der Waals surface area contributed by atoms with Crippen molar-refractivity contribution in [1.82, 2.24) is 15.5 Å². The van der Waals surface area contributed by atoms with Gasteiger partial charge in [-0.15, -0.1) is 0 Å². The lowest BCUT2D eigenvalue weighted by molar-refractivity contribution is 0.00364. The van der Waals surface area contributed by atoms with Gasteiger partial charge in [0.2, 0.25) is 0 Å². The summed E-state index contributed by atoms with van der Waals surface area (Å²) in [6.45, 7) is 2.34. The Labute approximate surface area is 152 Å². The Balaban J connectivity index is 1.46. The molecule has 7 unspecified atom stereocenters. The van der Waals surface area contributed by atoms with E-state index in [-0.39, 0.29) is 0 Å². The summed E-state index contributed by atoms with van der Waals surface area (Å²) in [5.41, 5.74) is 1.65. The molecular weight excluding hydrogens is 306 g/mol. The first-order valence-corrected chi connectivity index (χ1v) is 10.5. The van der Waals surface area contributed by atoms with Crippen molar-refractivity contribution in [1.29, 1.82) is 0 Å². The maximum absolute atomic E-state index is 4.10. The second-order valence-electron chi connectivity index (χ2n) is 8.63. The molecule has 25 heavy (non-hydrogen) atoms. The van der Waals surface area contributed by atoms with Crippen molar-refractivity contribution < 1.29 is 0 Å². The molecule has 0 aromatic heterocycles. The topological polar surface area (TPSA) is 27.3 Å². The molecule has 1 saturated carbocycles. The number of fused-ring (bicyclic) bond motifs is 5. The molecule has 5 aliphatic rings. The molecular formula is C22H31N3. The lowest BCUT2D eigenvalue weighted by atomic mass is 9.78. The third kappa shape index (κ3) is 2.70. The summed E-state index contributed by atoms with van der Waals surface area (Å²) in [7, 11) is 0. The molecule has 0 bridgehead atoms. The minimum atomic E-state index is 0.313. The van der Waals surface area contributed by atoms with Crippen molar-refractivity contribution in [3.63, 3.8) is 0 Å². The monoisotopic (exact) mass is 337 g/mol. The summed E-state index contributed by atoms with van der Waals surface area (Å²) in [6, 6.07) is 1.42. The van der Waals surface area contributed by atoms with E-state index in [0.29, 0.717) is 30.5 Å². The quantitative estimate of drug-likeness (QED) is 0.599. The van der Waals surface area contributed by atoms with Gasteiger partial charge in [0, 0.05) is 12.0 Å². The molecule has 2 N–H and O–H groups in total. The number of nitrogens with one attached hydrogen (secondary N) is 2. The molecule has 0 spiro atoms. The SMILES string of the molecule is CCC1CC=C(C2NC3CCCCC3C3NC4C#CC=CC4N23)CC1. The standard InChI is InChI=1S/C22H31N3/c1-2-15-11-13-16(14-12-15)21-23-18-8-4-3-7-17(18)22-24-19-9-5-6-10-20(19)25(21)22/h6,10,13,15,17-24H,2-4,7-8,11-12,14H2,1H3. The van der Waals surface area contributed by atoms with Crippen LogP contribution in [0.15, 0.2) is 23.8 Å². The molecule has 7 atom stereocenters. The van der Waals surface area contributed by atoms with E-state index in [1.54, 1.807) is 5.57 Å². The predicted molar refractivity (Wildman–Crippen MR) is 102 cm³/mol. The average molecular weight is 338 g/mol. The minimum absolute atomic E-state index is 0.313. The van der Waals surface area contributed by atoms with Crippen LogP contribution in [0.25, 0.3) is 0 Å². The van der Waals surface area contributed by atoms with E-state index in [1.807, 2.05) is 0 Å². The number of rotatable bonds is 2. The first kappa shape index (κ1) is 16.1. The van der Waals surface area contributed by atoms with Crippen molar-refractivity contribution in [3.05, 3.63) is 23.8 Å². The third-order valence-corrected chi connectivity index (χ3v) is 7.35. The lowest BCUT2D eigenvalue weighted by Crippen LogP contribution is -2.67. The highest BCUT2D eigenvalue weighted by molar-refractivity contribution is 5.34. The van der Waals surface area contributed by atoms with Crippen LogP contribution >= 0.6 is 0 Å². The van der Waals surface area contributed by atoms with Gasteiger partial charge in [0.25, 0.3) is 0 Å². The van der Waals surface area contributed by atoms with Gasteiger partial charge in [-0.2, -0.15) is 0 Å². The van der Waals surface area contributed by atoms with Gasteiger partial charge in [-0.3, -0.25) is 15.5 Å². The highest BCUT2D eigenvalue weighted by Crippen LogP contribution is 2.41. The average Bonchev–Trinajstić information content (AvgIpc) is 3.07. The van der Waals surface area contributed by atoms with E-state index in [0.717, 1.165) is 11.8 Å². The van der Waals surface area contributed by atoms with Crippen molar-refractivity contribution in [2.45, 2.75) is 88.7 Å². The summed E-state index contributed by atoms with van der Waals surface area (Å²) < 4.78 is 0. The molecule has 0 amide bonds. The fraction of sp³-hybridized carbons (Fsp3) is 0.727. The molecule has 0 aromatic rings. The maximum Gasteiger partial charge on any atom is 0.0900 e. The molecule has 2 saturated heterocycles. The van der Waals surface area contributed by atoms with Gasteiger partial charge in [-0.1, -0.05) is 50.2 Å². The molecule has 3 fully saturated rings. The zero-order valence-electron chi connectivity index (χ0n) is 15.4. The van der Waals surface area contributed by atoms with Gasteiger partial charge in [-0.05, 0) is 49.7 Å². The van der Waals surface area contributed by atoms with E-state index in [2.05, 4.69) is 52.5 Å². The Morgan fingerprint density at radius 2 is 2.12 bits per heavy atom. The van der Waals surface area contributed by atoms with Gasteiger partial charge in [-0.25, -0.2) is 0 Å². The molecule has 3 aliphatic carbocycles. The number of hydrogen-bond donors (Lipinski definition) is 2. The van der Waals surface area contributed by atoms with Crippen LogP contribution in [0.2, 0.25) is 0 Å². The van der Waals surface area contributed by atoms with Crippen LogP contribution in [0.5, 0.6) is 0 Å². The minimum Gasteiger partial charge on any atom is -0.295 e. The van der Waals surface area contributed by atoms with E-state index in [1.165, 1.54) is 51.4 Å². The van der Waals surface area contributed by atoms with Crippen LogP contribution in [0.4, 0.5) is 0 Å². The Morgan fingerprint density at radius 1 is 1.20 bits per heavy atom. The second-order valence-corrected chi connectivity index (χ2v) is 8.63. The van der Waals surface area contributed by atoms with Crippen molar-refractivity contribution in [2.75, 3.05) is 0 Å². The van der Waals surface area contributed by atoms with Crippen molar-refractivity contribution in [2.24, 2.45) is 11.8 Å². The molecule has 2 heterocycles. The molecule has 3 heteroatoms. The second kappa shape index (κ2) is 6.58. The van der Waals surface area contributed by atoms with Gasteiger partial charge in [0.15, 0.2) is 0 Å². The van der Waals surface area contributed by atoms with Crippen LogP contribution in [0, 0.1) is 23.7 Å². The first-order chi connectivity index (χ1) is 12.3. The normalized spacial score (nSPS) is 45.6. The molecule has 5 rings (SSSR count). The Bertz CT molecular complexity index is 639. The van der Waals surface area contributed by atoms with E-state index in [4.69, 9.17) is 0 Å². The Hall–Kier alpha value is -1.08. The molecule has 3 nitrogen and oxygen atoms in total. The van der Waals surface area contributed by atoms with Crippen LogP contribution in [-0.2, 0) is 0 Å². The van der Waals surface area contributed by atoms with Gasteiger partial charge in [0.05, 0.1) is 24.4 Å². The fourth-order valence-corrected chi connectivity index (χ4v) is 5.89. The molecule has 2 aliphatic heterocycles. The predicted octanol–water partition coefficient (Wildman–Crippen LogP) is 3.15. The summed E-state index contributed by atoms with van der Waals surface area (Å²) in [6.07, 6.45) is 18.6. The van der Waals surface area contributed by atoms with Crippen LogP contribution in [-0.4, -0.2) is 35.4 Å². The lowest BCUT2D eigenvalue weighted by Gasteiger charge is -2.51. The Kier molecular flexibility index (Phi) is 4.24. The summed E-state index contributed by atoms with van der Waals surface area (Å²) in [4.78, 5) is 2.75. The number of hydrogen-bond acceptors (Lipinski definition) is 3.